The van der Waals surface area contributed by atoms with Gasteiger partial charge in [-0.15, -0.1) is 0 Å². The van der Waals surface area contributed by atoms with Crippen LogP contribution in [0.5, 0.6) is 11.5 Å². The number of methoxy groups -OCH3 is 1. The van der Waals surface area contributed by atoms with Crippen LogP contribution in [0.1, 0.15) is 0 Å². The Morgan fingerprint density at radius 2 is 1.90 bits per heavy atom. The molecule has 6 heteroatoms. The summed E-state index contributed by atoms with van der Waals surface area (Å²) < 4.78 is 18.0. The van der Waals surface area contributed by atoms with Gasteiger partial charge in [-0.25, -0.2) is 14.4 Å². The molecule has 5 nitrogen and oxygen atoms in total. The fraction of sp³-hybridized carbons (Fsp3) is 0.0667. The predicted molar refractivity (Wildman–Crippen MR) is 77.4 cm³/mol. The number of halogens is 1. The van der Waals surface area contributed by atoms with Crippen LogP contribution in [0.2, 0.25) is 0 Å². The summed E-state index contributed by atoms with van der Waals surface area (Å²) in [6.45, 7) is 0. The lowest BCUT2D eigenvalue weighted by molar-refractivity contribution is 0.374. The first-order valence-electron chi connectivity index (χ1n) is 6.21. The van der Waals surface area contributed by atoms with Gasteiger partial charge in [-0.2, -0.15) is 0 Å². The van der Waals surface area contributed by atoms with Crippen LogP contribution in [0, 0.1) is 5.82 Å². The van der Waals surface area contributed by atoms with Crippen molar-refractivity contribution < 1.29 is 14.2 Å². The van der Waals surface area contributed by atoms with Crippen molar-refractivity contribution in [2.24, 2.45) is 0 Å². The van der Waals surface area contributed by atoms with Gasteiger partial charge in [-0.3, -0.25) is 0 Å². The monoisotopic (exact) mass is 285 g/mol. The second-order valence-corrected chi connectivity index (χ2v) is 4.40. The molecule has 0 aliphatic carbocycles. The van der Waals surface area contributed by atoms with Crippen molar-refractivity contribution in [3.8, 4) is 11.5 Å². The zero-order valence-electron chi connectivity index (χ0n) is 11.2. The summed E-state index contributed by atoms with van der Waals surface area (Å²) in [7, 11) is 1.47. The molecule has 0 radical (unpaired) electrons. The first-order valence-corrected chi connectivity index (χ1v) is 6.21. The van der Waals surface area contributed by atoms with Crippen LogP contribution in [0.15, 0.2) is 42.7 Å². The Morgan fingerprint density at radius 1 is 1.14 bits per heavy atom. The molecule has 0 spiro atoms. The molecule has 0 atom stereocenters. The lowest BCUT2D eigenvalue weighted by Crippen LogP contribution is -1.96. The van der Waals surface area contributed by atoms with Gasteiger partial charge in [0.05, 0.1) is 12.6 Å². The molecular formula is C15H12FN3O2. The van der Waals surface area contributed by atoms with Crippen LogP contribution in [-0.2, 0) is 0 Å². The van der Waals surface area contributed by atoms with Crippen molar-refractivity contribution in [3.63, 3.8) is 0 Å². The van der Waals surface area contributed by atoms with Gasteiger partial charge in [-0.05, 0) is 30.3 Å². The molecule has 0 fully saturated rings. The molecular weight excluding hydrogens is 273 g/mol. The third-order valence-electron chi connectivity index (χ3n) is 3.04. The molecule has 1 heterocycles. The molecule has 0 saturated heterocycles. The highest BCUT2D eigenvalue weighted by atomic mass is 19.1. The van der Waals surface area contributed by atoms with E-state index in [1.165, 1.54) is 31.6 Å². The maximum absolute atomic E-state index is 12.9. The Kier molecular flexibility index (Phi) is 3.27. The lowest BCUT2D eigenvalue weighted by Gasteiger charge is -2.10. The lowest BCUT2D eigenvalue weighted by atomic mass is 10.2. The van der Waals surface area contributed by atoms with Gasteiger partial charge in [0.15, 0.2) is 11.5 Å². The van der Waals surface area contributed by atoms with Crippen LogP contribution in [0.3, 0.4) is 0 Å². The molecule has 3 aromatic rings. The van der Waals surface area contributed by atoms with Gasteiger partial charge < -0.3 is 15.2 Å². The molecule has 1 aromatic heterocycles. The van der Waals surface area contributed by atoms with Crippen molar-refractivity contribution in [1.82, 2.24) is 9.97 Å². The van der Waals surface area contributed by atoms with Crippen molar-refractivity contribution in [2.75, 3.05) is 12.4 Å². The number of fused-ring (bicyclic) bond motifs is 1. The van der Waals surface area contributed by atoms with E-state index in [9.17, 15) is 9.50 Å². The van der Waals surface area contributed by atoms with Gasteiger partial charge in [0, 0.05) is 17.1 Å². The first-order chi connectivity index (χ1) is 10.2. The fourth-order valence-corrected chi connectivity index (χ4v) is 2.01. The molecule has 106 valence electrons. The third kappa shape index (κ3) is 2.55. The Bertz CT molecular complexity index is 791. The number of benzene rings is 2. The number of ether oxygens (including phenoxy) is 1. The van der Waals surface area contributed by atoms with E-state index in [2.05, 4.69) is 15.3 Å². The summed E-state index contributed by atoms with van der Waals surface area (Å²) in [5.74, 6) is 0.552. The maximum atomic E-state index is 12.9. The average molecular weight is 285 g/mol. The topological polar surface area (TPSA) is 67.3 Å². The van der Waals surface area contributed by atoms with E-state index in [1.54, 1.807) is 18.2 Å². The van der Waals surface area contributed by atoms with E-state index in [0.29, 0.717) is 28.2 Å². The molecule has 21 heavy (non-hydrogen) atoms. The fourth-order valence-electron chi connectivity index (χ4n) is 2.01. The normalized spacial score (nSPS) is 10.6. The minimum Gasteiger partial charge on any atom is -0.504 e. The Morgan fingerprint density at radius 3 is 2.62 bits per heavy atom. The summed E-state index contributed by atoms with van der Waals surface area (Å²) in [5, 5.41) is 13.6. The zero-order chi connectivity index (χ0) is 14.8. The smallest absolute Gasteiger partial charge is 0.162 e. The standard InChI is InChI=1S/C15H12FN3O2/c1-21-14-7-12-11(6-13(14)20)15(18-8-17-12)19-10-4-2-9(16)3-5-10/h2-8,20H,1H3,(H,17,18,19). The van der Waals surface area contributed by atoms with Gasteiger partial charge in [-0.1, -0.05) is 0 Å². The summed E-state index contributed by atoms with van der Waals surface area (Å²) in [6, 6.07) is 9.07. The third-order valence-corrected chi connectivity index (χ3v) is 3.04. The Labute approximate surface area is 120 Å². The van der Waals surface area contributed by atoms with Gasteiger partial charge >= 0.3 is 0 Å². The molecule has 0 saturated carbocycles. The number of phenolic OH excluding ortho intramolecular Hbond substituents is 1. The highest BCUT2D eigenvalue weighted by Crippen LogP contribution is 2.33. The SMILES string of the molecule is COc1cc2ncnc(Nc3ccc(F)cc3)c2cc1O. The summed E-state index contributed by atoms with van der Waals surface area (Å²) >= 11 is 0. The van der Waals surface area contributed by atoms with Gasteiger partial charge in [0.2, 0.25) is 0 Å². The van der Waals surface area contributed by atoms with E-state index in [4.69, 9.17) is 4.74 Å². The quantitative estimate of drug-likeness (QED) is 0.773. The summed E-state index contributed by atoms with van der Waals surface area (Å²) in [4.78, 5) is 8.30. The molecule has 3 rings (SSSR count). The van der Waals surface area contributed by atoms with Crippen LogP contribution >= 0.6 is 0 Å². The Hall–Kier alpha value is -2.89. The predicted octanol–water partition coefficient (Wildman–Crippen LogP) is 3.23. The van der Waals surface area contributed by atoms with Gasteiger partial charge in [0.1, 0.15) is 18.0 Å². The van der Waals surface area contributed by atoms with E-state index in [-0.39, 0.29) is 11.6 Å². The molecule has 0 unspecified atom stereocenters. The number of hydrogen-bond donors (Lipinski definition) is 2. The van der Waals surface area contributed by atoms with Crippen molar-refractivity contribution >= 4 is 22.4 Å². The van der Waals surface area contributed by atoms with E-state index < -0.39 is 0 Å². The first kappa shape index (κ1) is 13.1. The number of hydrogen-bond acceptors (Lipinski definition) is 5. The number of phenols is 1. The molecule has 2 aromatic carbocycles. The molecule has 0 amide bonds. The van der Waals surface area contributed by atoms with Crippen molar-refractivity contribution in [3.05, 3.63) is 48.5 Å². The van der Waals surface area contributed by atoms with E-state index >= 15 is 0 Å². The highest BCUT2D eigenvalue weighted by molar-refractivity contribution is 5.92. The summed E-state index contributed by atoms with van der Waals surface area (Å²) in [6.07, 6.45) is 1.41. The average Bonchev–Trinajstić information content (AvgIpc) is 2.49. The van der Waals surface area contributed by atoms with E-state index in [0.717, 1.165) is 0 Å². The number of anilines is 2. The Balaban J connectivity index is 2.06. The largest absolute Gasteiger partial charge is 0.504 e. The maximum Gasteiger partial charge on any atom is 0.162 e. The minimum atomic E-state index is -0.310. The minimum absolute atomic E-state index is 0.00181. The van der Waals surface area contributed by atoms with Crippen molar-refractivity contribution in [1.29, 1.82) is 0 Å². The number of aromatic hydroxyl groups is 1. The highest BCUT2D eigenvalue weighted by Gasteiger charge is 2.09. The number of nitrogens with one attached hydrogen (secondary N) is 1. The second kappa shape index (κ2) is 5.24. The van der Waals surface area contributed by atoms with E-state index in [1.807, 2.05) is 0 Å². The zero-order valence-corrected chi connectivity index (χ0v) is 11.2. The van der Waals surface area contributed by atoms with Crippen LogP contribution in [-0.4, -0.2) is 22.2 Å². The molecule has 2 N–H and O–H groups in total. The van der Waals surface area contributed by atoms with Crippen molar-refractivity contribution in [2.45, 2.75) is 0 Å². The number of nitrogens with zero attached hydrogens (tertiary/aromatic N) is 2. The summed E-state index contributed by atoms with van der Waals surface area (Å²) in [5.41, 5.74) is 1.32. The number of rotatable bonds is 3. The van der Waals surface area contributed by atoms with Crippen LogP contribution in [0.4, 0.5) is 15.9 Å². The second-order valence-electron chi connectivity index (χ2n) is 4.40. The molecule has 0 aliphatic rings. The van der Waals surface area contributed by atoms with Crippen LogP contribution in [0.25, 0.3) is 10.9 Å². The number of aromatic nitrogens is 2. The molecule has 0 aliphatic heterocycles. The van der Waals surface area contributed by atoms with Gasteiger partial charge in [0.25, 0.3) is 0 Å². The van der Waals surface area contributed by atoms with Crippen LogP contribution < -0.4 is 10.1 Å². The molecule has 0 bridgehead atoms.